The molecule has 0 aliphatic carbocycles. The van der Waals surface area contributed by atoms with Gasteiger partial charge in [-0.1, -0.05) is 13.0 Å². The summed E-state index contributed by atoms with van der Waals surface area (Å²) in [6, 6.07) is 7.05. The van der Waals surface area contributed by atoms with E-state index in [4.69, 9.17) is 9.47 Å². The number of nitrogens with one attached hydrogen (secondary N) is 1. The second-order valence-electron chi connectivity index (χ2n) is 7.27. The van der Waals surface area contributed by atoms with Gasteiger partial charge in [0.05, 0.1) is 0 Å². The van der Waals surface area contributed by atoms with Gasteiger partial charge in [0.15, 0.2) is 11.5 Å². The van der Waals surface area contributed by atoms with Gasteiger partial charge in [0.2, 0.25) is 0 Å². The van der Waals surface area contributed by atoms with Gasteiger partial charge in [-0.2, -0.15) is 0 Å². The number of hydrogen-bond acceptors (Lipinski definition) is 4. The molecule has 1 aromatic carbocycles. The van der Waals surface area contributed by atoms with Crippen molar-refractivity contribution in [1.29, 1.82) is 0 Å². The van der Waals surface area contributed by atoms with Crippen LogP contribution in [-0.4, -0.2) is 44.3 Å². The predicted octanol–water partition coefficient (Wildman–Crippen LogP) is 2.59. The van der Waals surface area contributed by atoms with E-state index >= 15 is 0 Å². The van der Waals surface area contributed by atoms with Crippen LogP contribution in [0, 0.1) is 5.41 Å². The minimum atomic E-state index is 0.427. The molecule has 2 saturated heterocycles. The van der Waals surface area contributed by atoms with Gasteiger partial charge in [0.1, 0.15) is 13.2 Å². The van der Waals surface area contributed by atoms with Crippen LogP contribution in [0.15, 0.2) is 18.2 Å². The first-order valence-corrected chi connectivity index (χ1v) is 8.58. The molecule has 0 saturated carbocycles. The highest BCUT2D eigenvalue weighted by Crippen LogP contribution is 2.40. The van der Waals surface area contributed by atoms with E-state index in [1.807, 2.05) is 0 Å². The third kappa shape index (κ3) is 2.70. The molecule has 0 spiro atoms. The number of fused-ring (bicyclic) bond motifs is 1. The first kappa shape index (κ1) is 14.3. The van der Waals surface area contributed by atoms with Crippen molar-refractivity contribution >= 4 is 0 Å². The molecule has 120 valence electrons. The molecule has 0 aromatic heterocycles. The van der Waals surface area contributed by atoms with Crippen molar-refractivity contribution in [3.8, 4) is 11.5 Å². The summed E-state index contributed by atoms with van der Waals surface area (Å²) in [5, 5.41) is 3.52. The monoisotopic (exact) mass is 302 g/mol. The van der Waals surface area contributed by atoms with Gasteiger partial charge in [-0.05, 0) is 55.5 Å². The fourth-order valence-corrected chi connectivity index (χ4v) is 4.15. The summed E-state index contributed by atoms with van der Waals surface area (Å²) in [5.74, 6) is 1.82. The van der Waals surface area contributed by atoms with Crippen LogP contribution in [0.4, 0.5) is 0 Å². The van der Waals surface area contributed by atoms with Crippen molar-refractivity contribution in [2.75, 3.05) is 39.4 Å². The summed E-state index contributed by atoms with van der Waals surface area (Å²) in [6.45, 7) is 8.47. The Morgan fingerprint density at radius 3 is 2.95 bits per heavy atom. The molecule has 2 atom stereocenters. The van der Waals surface area contributed by atoms with Crippen LogP contribution in [0.25, 0.3) is 0 Å². The number of rotatable bonds is 3. The standard InChI is InChI=1S/C18H26N2O2/c1-18(6-7-19-12-18)13-20-8-2-3-15(20)14-4-5-16-17(11-14)22-10-9-21-16/h4-5,11,15,19H,2-3,6-10,12-13H2,1H3. The maximum absolute atomic E-state index is 5.76. The maximum atomic E-state index is 5.76. The van der Waals surface area contributed by atoms with E-state index in [0.29, 0.717) is 24.7 Å². The topological polar surface area (TPSA) is 33.7 Å². The molecular weight excluding hydrogens is 276 g/mol. The average Bonchev–Trinajstić information content (AvgIpc) is 3.16. The summed E-state index contributed by atoms with van der Waals surface area (Å²) in [6.07, 6.45) is 3.84. The molecule has 1 N–H and O–H groups in total. The summed E-state index contributed by atoms with van der Waals surface area (Å²) in [7, 11) is 0. The fraction of sp³-hybridized carbons (Fsp3) is 0.667. The number of benzene rings is 1. The van der Waals surface area contributed by atoms with Crippen molar-refractivity contribution in [3.63, 3.8) is 0 Å². The lowest BCUT2D eigenvalue weighted by Gasteiger charge is -2.33. The van der Waals surface area contributed by atoms with Crippen LogP contribution >= 0.6 is 0 Å². The summed E-state index contributed by atoms with van der Waals surface area (Å²) in [5.41, 5.74) is 1.81. The van der Waals surface area contributed by atoms with Crippen molar-refractivity contribution in [3.05, 3.63) is 23.8 Å². The quantitative estimate of drug-likeness (QED) is 0.930. The summed E-state index contributed by atoms with van der Waals surface area (Å²) < 4.78 is 11.4. The van der Waals surface area contributed by atoms with E-state index in [0.717, 1.165) is 18.0 Å². The van der Waals surface area contributed by atoms with Crippen LogP contribution in [0.1, 0.15) is 37.8 Å². The predicted molar refractivity (Wildman–Crippen MR) is 86.6 cm³/mol. The number of likely N-dealkylation sites (tertiary alicyclic amines) is 1. The van der Waals surface area contributed by atoms with Crippen LogP contribution in [0.5, 0.6) is 11.5 Å². The highest BCUT2D eigenvalue weighted by molar-refractivity contribution is 5.44. The molecule has 4 heteroatoms. The van der Waals surface area contributed by atoms with Crippen LogP contribution in [0.2, 0.25) is 0 Å². The maximum Gasteiger partial charge on any atom is 0.161 e. The minimum Gasteiger partial charge on any atom is -0.486 e. The molecular formula is C18H26N2O2. The Morgan fingerprint density at radius 2 is 2.14 bits per heavy atom. The zero-order chi connectivity index (χ0) is 15.0. The Balaban J connectivity index is 1.53. The molecule has 2 unspecified atom stereocenters. The Labute approximate surface area is 132 Å². The van der Waals surface area contributed by atoms with Crippen LogP contribution < -0.4 is 14.8 Å². The van der Waals surface area contributed by atoms with Gasteiger partial charge >= 0.3 is 0 Å². The van der Waals surface area contributed by atoms with Gasteiger partial charge in [0, 0.05) is 19.1 Å². The van der Waals surface area contributed by atoms with Crippen molar-refractivity contribution in [2.45, 2.75) is 32.2 Å². The molecule has 1 aromatic rings. The molecule has 0 amide bonds. The van der Waals surface area contributed by atoms with E-state index in [-0.39, 0.29) is 0 Å². The van der Waals surface area contributed by atoms with Gasteiger partial charge in [-0.15, -0.1) is 0 Å². The summed E-state index contributed by atoms with van der Waals surface area (Å²) >= 11 is 0. The highest BCUT2D eigenvalue weighted by Gasteiger charge is 2.35. The smallest absolute Gasteiger partial charge is 0.161 e. The largest absolute Gasteiger partial charge is 0.486 e. The van der Waals surface area contributed by atoms with E-state index in [1.165, 1.54) is 44.5 Å². The van der Waals surface area contributed by atoms with E-state index in [2.05, 4.69) is 35.3 Å². The minimum absolute atomic E-state index is 0.427. The normalized spacial score (nSPS) is 31.6. The van der Waals surface area contributed by atoms with Crippen molar-refractivity contribution in [1.82, 2.24) is 10.2 Å². The fourth-order valence-electron chi connectivity index (χ4n) is 4.15. The highest BCUT2D eigenvalue weighted by atomic mass is 16.6. The molecule has 4 rings (SSSR count). The van der Waals surface area contributed by atoms with Gasteiger partial charge in [-0.3, -0.25) is 4.90 Å². The lowest BCUT2D eigenvalue weighted by molar-refractivity contribution is 0.161. The molecule has 3 heterocycles. The Kier molecular flexibility index (Phi) is 3.74. The zero-order valence-corrected chi connectivity index (χ0v) is 13.4. The molecule has 4 nitrogen and oxygen atoms in total. The second kappa shape index (κ2) is 5.74. The summed E-state index contributed by atoms with van der Waals surface area (Å²) in [4.78, 5) is 2.68. The Bertz CT molecular complexity index is 540. The van der Waals surface area contributed by atoms with Gasteiger partial charge in [-0.25, -0.2) is 0 Å². The first-order valence-electron chi connectivity index (χ1n) is 8.58. The average molecular weight is 302 g/mol. The third-order valence-electron chi connectivity index (χ3n) is 5.36. The molecule has 0 bridgehead atoms. The van der Waals surface area contributed by atoms with Crippen molar-refractivity contribution in [2.24, 2.45) is 5.41 Å². The number of nitrogens with zero attached hydrogens (tertiary/aromatic N) is 1. The molecule has 0 radical (unpaired) electrons. The molecule has 22 heavy (non-hydrogen) atoms. The van der Waals surface area contributed by atoms with E-state index in [9.17, 15) is 0 Å². The SMILES string of the molecule is CC1(CN2CCCC2c2ccc3c(c2)OCCO3)CCNC1. The Hall–Kier alpha value is -1.26. The Morgan fingerprint density at radius 1 is 1.27 bits per heavy atom. The lowest BCUT2D eigenvalue weighted by Crippen LogP contribution is -2.37. The molecule has 3 aliphatic rings. The van der Waals surface area contributed by atoms with Gasteiger partial charge < -0.3 is 14.8 Å². The van der Waals surface area contributed by atoms with Crippen LogP contribution in [0.3, 0.4) is 0 Å². The van der Waals surface area contributed by atoms with E-state index < -0.39 is 0 Å². The molecule has 2 fully saturated rings. The first-order chi connectivity index (χ1) is 10.7. The number of ether oxygens (including phenoxy) is 2. The van der Waals surface area contributed by atoms with E-state index in [1.54, 1.807) is 0 Å². The lowest BCUT2D eigenvalue weighted by atomic mass is 9.88. The van der Waals surface area contributed by atoms with Crippen molar-refractivity contribution < 1.29 is 9.47 Å². The second-order valence-corrected chi connectivity index (χ2v) is 7.27. The molecule has 3 aliphatic heterocycles. The zero-order valence-electron chi connectivity index (χ0n) is 13.4. The third-order valence-corrected chi connectivity index (χ3v) is 5.36. The van der Waals surface area contributed by atoms with Gasteiger partial charge in [0.25, 0.3) is 0 Å². The number of hydrogen-bond donors (Lipinski definition) is 1. The van der Waals surface area contributed by atoms with Crippen LogP contribution in [-0.2, 0) is 0 Å².